The van der Waals surface area contributed by atoms with Crippen LogP contribution in [0.3, 0.4) is 0 Å². The molecule has 4 nitrogen and oxygen atoms in total. The first kappa shape index (κ1) is 16.5. The van der Waals surface area contributed by atoms with Crippen LogP contribution >= 0.6 is 0 Å². The average molecular weight is 293 g/mol. The molecule has 0 bridgehead atoms. The maximum absolute atomic E-state index is 5.94. The average Bonchev–Trinajstić information content (AvgIpc) is 2.87. The zero-order chi connectivity index (χ0) is 15.5. The van der Waals surface area contributed by atoms with Gasteiger partial charge in [0.05, 0.1) is 12.7 Å². The smallest absolute Gasteiger partial charge is 0.208 e. The number of rotatable bonds is 5. The summed E-state index contributed by atoms with van der Waals surface area (Å²) in [4.78, 5) is 6.93. The molecule has 4 heteroatoms. The molecular weight excluding hydrogens is 262 g/mol. The minimum absolute atomic E-state index is 0.0266. The van der Waals surface area contributed by atoms with E-state index >= 15 is 0 Å². The number of nitrogens with one attached hydrogen (secondary N) is 1. The molecule has 1 atom stereocenters. The predicted octanol–water partition coefficient (Wildman–Crippen LogP) is 3.32. The van der Waals surface area contributed by atoms with Gasteiger partial charge in [-0.2, -0.15) is 0 Å². The van der Waals surface area contributed by atoms with Crippen molar-refractivity contribution in [1.29, 1.82) is 0 Å². The predicted molar refractivity (Wildman–Crippen MR) is 86.4 cm³/mol. The fourth-order valence-corrected chi connectivity index (χ4v) is 2.72. The number of hydrogen-bond acceptors (Lipinski definition) is 4. The van der Waals surface area contributed by atoms with Crippen molar-refractivity contribution in [3.8, 4) is 0 Å². The molecule has 0 aliphatic carbocycles. The summed E-state index contributed by atoms with van der Waals surface area (Å²) in [5, 5.41) is 3.63. The van der Waals surface area contributed by atoms with Crippen LogP contribution in [0.5, 0.6) is 0 Å². The van der Waals surface area contributed by atoms with Crippen LogP contribution in [0, 0.1) is 0 Å². The summed E-state index contributed by atoms with van der Waals surface area (Å²) < 4.78 is 5.94. The van der Waals surface area contributed by atoms with Crippen molar-refractivity contribution >= 4 is 0 Å². The number of nitrogens with zero attached hydrogens (tertiary/aromatic N) is 2. The molecule has 1 aliphatic rings. The molecule has 2 rings (SSSR count). The van der Waals surface area contributed by atoms with Gasteiger partial charge in [0.25, 0.3) is 0 Å². The van der Waals surface area contributed by atoms with E-state index in [0.29, 0.717) is 12.1 Å². The van der Waals surface area contributed by atoms with Crippen molar-refractivity contribution in [2.24, 2.45) is 0 Å². The van der Waals surface area contributed by atoms with Crippen LogP contribution in [0.2, 0.25) is 0 Å². The molecule has 0 saturated carbocycles. The summed E-state index contributed by atoms with van der Waals surface area (Å²) in [7, 11) is 0. The maximum atomic E-state index is 5.94. The van der Waals surface area contributed by atoms with E-state index in [1.54, 1.807) is 0 Å². The minimum atomic E-state index is 0.0266. The van der Waals surface area contributed by atoms with Gasteiger partial charge in [0, 0.05) is 24.0 Å². The quantitative estimate of drug-likeness (QED) is 0.904. The van der Waals surface area contributed by atoms with Gasteiger partial charge in [0.2, 0.25) is 5.89 Å². The van der Waals surface area contributed by atoms with E-state index < -0.39 is 0 Å². The number of hydrogen-bond donors (Lipinski definition) is 1. The van der Waals surface area contributed by atoms with Gasteiger partial charge in [-0.05, 0) is 33.2 Å². The summed E-state index contributed by atoms with van der Waals surface area (Å²) in [5.74, 6) is 1.81. The Labute approximate surface area is 129 Å². The summed E-state index contributed by atoms with van der Waals surface area (Å²) >= 11 is 0. The zero-order valence-electron chi connectivity index (χ0n) is 14.3. The Morgan fingerprint density at radius 2 is 2.14 bits per heavy atom. The fourth-order valence-electron chi connectivity index (χ4n) is 2.72. The van der Waals surface area contributed by atoms with E-state index in [4.69, 9.17) is 4.42 Å². The Morgan fingerprint density at radius 1 is 1.38 bits per heavy atom. The maximum Gasteiger partial charge on any atom is 0.208 e. The van der Waals surface area contributed by atoms with Gasteiger partial charge in [-0.25, -0.2) is 4.98 Å². The van der Waals surface area contributed by atoms with Crippen LogP contribution in [0.25, 0.3) is 0 Å². The van der Waals surface area contributed by atoms with Crippen molar-refractivity contribution in [2.45, 2.75) is 77.9 Å². The molecule has 21 heavy (non-hydrogen) atoms. The number of aromatic nitrogens is 1. The molecule has 2 heterocycles. The SMILES string of the molecule is CC(C)N(Cc1ncc(C(C)(C)C)o1)CC1CCCCN1. The lowest BCUT2D eigenvalue weighted by molar-refractivity contribution is 0.160. The van der Waals surface area contributed by atoms with Gasteiger partial charge in [-0.3, -0.25) is 4.90 Å². The van der Waals surface area contributed by atoms with Crippen LogP contribution in [-0.2, 0) is 12.0 Å². The molecule has 1 aliphatic heterocycles. The Morgan fingerprint density at radius 3 is 2.67 bits per heavy atom. The van der Waals surface area contributed by atoms with E-state index in [9.17, 15) is 0 Å². The topological polar surface area (TPSA) is 41.3 Å². The van der Waals surface area contributed by atoms with Gasteiger partial charge >= 0.3 is 0 Å². The Kier molecular flexibility index (Phi) is 5.44. The van der Waals surface area contributed by atoms with Crippen molar-refractivity contribution in [2.75, 3.05) is 13.1 Å². The zero-order valence-corrected chi connectivity index (χ0v) is 14.3. The molecule has 1 saturated heterocycles. The molecule has 0 radical (unpaired) electrons. The molecule has 1 aromatic heterocycles. The second kappa shape index (κ2) is 6.93. The van der Waals surface area contributed by atoms with Crippen molar-refractivity contribution in [1.82, 2.24) is 15.2 Å². The number of piperidine rings is 1. The monoisotopic (exact) mass is 293 g/mol. The van der Waals surface area contributed by atoms with E-state index in [2.05, 4.69) is 49.8 Å². The standard InChI is InChI=1S/C17H31N3O/c1-13(2)20(11-14-8-6-7-9-18-14)12-16-19-10-15(21-16)17(3,4)5/h10,13-14,18H,6-9,11-12H2,1-5H3. The Bertz CT molecular complexity index is 427. The van der Waals surface area contributed by atoms with Crippen molar-refractivity contribution in [3.05, 3.63) is 17.8 Å². The van der Waals surface area contributed by atoms with Gasteiger partial charge in [-0.15, -0.1) is 0 Å². The minimum Gasteiger partial charge on any atom is -0.444 e. The van der Waals surface area contributed by atoms with Crippen LogP contribution < -0.4 is 5.32 Å². The Hall–Kier alpha value is -0.870. The lowest BCUT2D eigenvalue weighted by atomic mass is 9.94. The largest absolute Gasteiger partial charge is 0.444 e. The van der Waals surface area contributed by atoms with Gasteiger partial charge < -0.3 is 9.73 Å². The summed E-state index contributed by atoms with van der Waals surface area (Å²) in [5.41, 5.74) is 0.0266. The van der Waals surface area contributed by atoms with Gasteiger partial charge in [-0.1, -0.05) is 27.2 Å². The van der Waals surface area contributed by atoms with Crippen LogP contribution in [-0.4, -0.2) is 35.1 Å². The van der Waals surface area contributed by atoms with Crippen molar-refractivity contribution < 1.29 is 4.42 Å². The highest BCUT2D eigenvalue weighted by Gasteiger charge is 2.23. The second-order valence-corrected chi connectivity index (χ2v) is 7.54. The van der Waals surface area contributed by atoms with Gasteiger partial charge in [0.1, 0.15) is 5.76 Å². The molecule has 1 N–H and O–H groups in total. The highest BCUT2D eigenvalue weighted by atomic mass is 16.4. The lowest BCUT2D eigenvalue weighted by Crippen LogP contribution is -2.45. The van der Waals surface area contributed by atoms with Crippen LogP contribution in [0.1, 0.15) is 65.5 Å². The molecule has 0 amide bonds. The first-order chi connectivity index (χ1) is 9.86. The summed E-state index contributed by atoms with van der Waals surface area (Å²) in [6.07, 6.45) is 5.82. The first-order valence-corrected chi connectivity index (χ1v) is 8.29. The molecule has 120 valence electrons. The highest BCUT2D eigenvalue weighted by molar-refractivity contribution is 5.06. The third-order valence-electron chi connectivity index (χ3n) is 4.23. The molecular formula is C17H31N3O. The summed E-state index contributed by atoms with van der Waals surface area (Å²) in [6, 6.07) is 1.11. The summed E-state index contributed by atoms with van der Waals surface area (Å²) in [6.45, 7) is 14.0. The normalized spacial score (nSPS) is 20.4. The molecule has 0 spiro atoms. The second-order valence-electron chi connectivity index (χ2n) is 7.54. The van der Waals surface area contributed by atoms with E-state index in [1.807, 2.05) is 6.20 Å². The molecule has 0 aromatic carbocycles. The van der Waals surface area contributed by atoms with Crippen LogP contribution in [0.15, 0.2) is 10.6 Å². The van der Waals surface area contributed by atoms with Crippen LogP contribution in [0.4, 0.5) is 0 Å². The number of oxazole rings is 1. The van der Waals surface area contributed by atoms with Gasteiger partial charge in [0.15, 0.2) is 0 Å². The molecule has 1 fully saturated rings. The third-order valence-corrected chi connectivity index (χ3v) is 4.23. The Balaban J connectivity index is 1.97. The first-order valence-electron chi connectivity index (χ1n) is 8.29. The third kappa shape index (κ3) is 4.82. The lowest BCUT2D eigenvalue weighted by Gasteiger charge is -2.32. The van der Waals surface area contributed by atoms with E-state index in [0.717, 1.165) is 31.3 Å². The fraction of sp³-hybridized carbons (Fsp3) is 0.824. The highest BCUT2D eigenvalue weighted by Crippen LogP contribution is 2.23. The molecule has 1 unspecified atom stereocenters. The van der Waals surface area contributed by atoms with E-state index in [-0.39, 0.29) is 5.41 Å². The molecule has 1 aromatic rings. The van der Waals surface area contributed by atoms with Crippen molar-refractivity contribution in [3.63, 3.8) is 0 Å². The van der Waals surface area contributed by atoms with E-state index in [1.165, 1.54) is 19.3 Å².